The van der Waals surface area contributed by atoms with Crippen molar-refractivity contribution in [2.24, 2.45) is 0 Å². The number of pyridine rings is 1. The standard InChI is InChI=1S/C16H20N4O2S/c1-12-18-13(11-23-12)10-19-6-3-7-20(9-8-19)16(22)15-14(21)4-2-5-17-15/h2,4-5,11,21H,3,6-10H2,1H3. The monoisotopic (exact) mass is 332 g/mol. The van der Waals surface area contributed by atoms with Crippen LogP contribution in [-0.2, 0) is 6.54 Å². The summed E-state index contributed by atoms with van der Waals surface area (Å²) >= 11 is 1.66. The Morgan fingerprint density at radius 2 is 2.22 bits per heavy atom. The first-order valence-electron chi connectivity index (χ1n) is 7.70. The highest BCUT2D eigenvalue weighted by atomic mass is 32.1. The molecule has 0 unspecified atom stereocenters. The molecule has 0 spiro atoms. The van der Waals surface area contributed by atoms with E-state index < -0.39 is 0 Å². The molecule has 1 fully saturated rings. The average Bonchev–Trinajstić information content (AvgIpc) is 2.81. The summed E-state index contributed by atoms with van der Waals surface area (Å²) in [7, 11) is 0. The van der Waals surface area contributed by atoms with Crippen LogP contribution in [0.2, 0.25) is 0 Å². The highest BCUT2D eigenvalue weighted by Gasteiger charge is 2.23. The maximum atomic E-state index is 12.5. The maximum Gasteiger partial charge on any atom is 0.276 e. The SMILES string of the molecule is Cc1nc(CN2CCCN(C(=O)c3ncccc3O)CC2)cs1. The fourth-order valence-corrected chi connectivity index (χ4v) is 3.36. The Morgan fingerprint density at radius 1 is 1.35 bits per heavy atom. The maximum absolute atomic E-state index is 12.5. The van der Waals surface area contributed by atoms with Gasteiger partial charge in [-0.2, -0.15) is 0 Å². The molecule has 2 aromatic rings. The van der Waals surface area contributed by atoms with E-state index in [1.54, 1.807) is 22.3 Å². The molecule has 122 valence electrons. The highest BCUT2D eigenvalue weighted by molar-refractivity contribution is 7.09. The Kier molecular flexibility index (Phi) is 4.88. The van der Waals surface area contributed by atoms with E-state index in [1.807, 2.05) is 6.92 Å². The molecule has 1 amide bonds. The lowest BCUT2D eigenvalue weighted by Gasteiger charge is -2.21. The number of aromatic nitrogens is 2. The van der Waals surface area contributed by atoms with Gasteiger partial charge in [0.2, 0.25) is 0 Å². The largest absolute Gasteiger partial charge is 0.505 e. The summed E-state index contributed by atoms with van der Waals surface area (Å²) in [6, 6.07) is 3.11. The summed E-state index contributed by atoms with van der Waals surface area (Å²) in [4.78, 5) is 25.1. The van der Waals surface area contributed by atoms with Gasteiger partial charge in [0.05, 0.1) is 10.7 Å². The molecular weight excluding hydrogens is 312 g/mol. The number of aromatic hydroxyl groups is 1. The van der Waals surface area contributed by atoms with Gasteiger partial charge in [-0.1, -0.05) is 0 Å². The van der Waals surface area contributed by atoms with Crippen molar-refractivity contribution < 1.29 is 9.90 Å². The van der Waals surface area contributed by atoms with Crippen LogP contribution in [0.15, 0.2) is 23.7 Å². The smallest absolute Gasteiger partial charge is 0.276 e. The molecule has 23 heavy (non-hydrogen) atoms. The molecule has 1 N–H and O–H groups in total. The van der Waals surface area contributed by atoms with Gasteiger partial charge in [0.1, 0.15) is 5.75 Å². The number of rotatable bonds is 3. The lowest BCUT2D eigenvalue weighted by Crippen LogP contribution is -2.35. The van der Waals surface area contributed by atoms with E-state index >= 15 is 0 Å². The van der Waals surface area contributed by atoms with Crippen molar-refractivity contribution >= 4 is 17.2 Å². The molecule has 7 heteroatoms. The van der Waals surface area contributed by atoms with Crippen molar-refractivity contribution in [3.8, 4) is 5.75 Å². The molecule has 2 aromatic heterocycles. The van der Waals surface area contributed by atoms with Crippen LogP contribution in [0.3, 0.4) is 0 Å². The summed E-state index contributed by atoms with van der Waals surface area (Å²) < 4.78 is 0. The molecule has 0 radical (unpaired) electrons. The van der Waals surface area contributed by atoms with Crippen molar-refractivity contribution in [3.05, 3.63) is 40.1 Å². The summed E-state index contributed by atoms with van der Waals surface area (Å²) in [6.07, 6.45) is 2.43. The van der Waals surface area contributed by atoms with Crippen molar-refractivity contribution in [1.29, 1.82) is 0 Å². The lowest BCUT2D eigenvalue weighted by molar-refractivity contribution is 0.0752. The van der Waals surface area contributed by atoms with Gasteiger partial charge in [-0.05, 0) is 25.5 Å². The number of nitrogens with zero attached hydrogens (tertiary/aromatic N) is 4. The van der Waals surface area contributed by atoms with Crippen molar-refractivity contribution in [2.45, 2.75) is 19.9 Å². The minimum absolute atomic E-state index is 0.0587. The Hall–Kier alpha value is -1.99. The fourth-order valence-electron chi connectivity index (χ4n) is 2.75. The molecular formula is C16H20N4O2S. The third-order valence-corrected chi connectivity index (χ3v) is 4.74. The Balaban J connectivity index is 1.62. The quantitative estimate of drug-likeness (QED) is 0.930. The van der Waals surface area contributed by atoms with Gasteiger partial charge in [0.25, 0.3) is 5.91 Å². The molecule has 1 saturated heterocycles. The van der Waals surface area contributed by atoms with Gasteiger partial charge in [-0.3, -0.25) is 9.69 Å². The summed E-state index contributed by atoms with van der Waals surface area (Å²) in [5, 5.41) is 13.0. The van der Waals surface area contributed by atoms with E-state index in [1.165, 1.54) is 12.3 Å². The summed E-state index contributed by atoms with van der Waals surface area (Å²) in [5.41, 5.74) is 1.23. The highest BCUT2D eigenvalue weighted by Crippen LogP contribution is 2.17. The van der Waals surface area contributed by atoms with Gasteiger partial charge in [-0.25, -0.2) is 9.97 Å². The first-order chi connectivity index (χ1) is 11.1. The molecule has 0 atom stereocenters. The number of carbonyl (C=O) groups excluding carboxylic acids is 1. The van der Waals surface area contributed by atoms with Crippen LogP contribution < -0.4 is 0 Å². The molecule has 0 saturated carbocycles. The van der Waals surface area contributed by atoms with Crippen LogP contribution in [-0.4, -0.2) is 57.0 Å². The van der Waals surface area contributed by atoms with Crippen LogP contribution in [0, 0.1) is 6.92 Å². The van der Waals surface area contributed by atoms with Crippen LogP contribution in [0.1, 0.15) is 27.6 Å². The molecule has 0 bridgehead atoms. The first kappa shape index (κ1) is 15.9. The van der Waals surface area contributed by atoms with Crippen LogP contribution in [0.4, 0.5) is 0 Å². The topological polar surface area (TPSA) is 69.6 Å². The molecule has 0 aromatic carbocycles. The van der Waals surface area contributed by atoms with E-state index in [-0.39, 0.29) is 17.4 Å². The van der Waals surface area contributed by atoms with E-state index in [4.69, 9.17) is 0 Å². The molecule has 1 aliphatic heterocycles. The first-order valence-corrected chi connectivity index (χ1v) is 8.58. The predicted octanol–water partition coefficient (Wildman–Crippen LogP) is 1.90. The number of aryl methyl sites for hydroxylation is 1. The van der Waals surface area contributed by atoms with Crippen LogP contribution in [0.5, 0.6) is 5.75 Å². The van der Waals surface area contributed by atoms with Crippen molar-refractivity contribution in [2.75, 3.05) is 26.2 Å². The van der Waals surface area contributed by atoms with Crippen LogP contribution in [0.25, 0.3) is 0 Å². The van der Waals surface area contributed by atoms with Crippen molar-refractivity contribution in [3.63, 3.8) is 0 Å². The number of carbonyl (C=O) groups is 1. The van der Waals surface area contributed by atoms with Gasteiger partial charge in [0, 0.05) is 44.3 Å². The average molecular weight is 332 g/mol. The summed E-state index contributed by atoms with van der Waals surface area (Å²) in [5.74, 6) is -0.258. The zero-order valence-corrected chi connectivity index (χ0v) is 13.9. The van der Waals surface area contributed by atoms with Gasteiger partial charge in [-0.15, -0.1) is 11.3 Å². The molecule has 1 aliphatic rings. The lowest BCUT2D eigenvalue weighted by atomic mass is 10.2. The zero-order valence-electron chi connectivity index (χ0n) is 13.1. The van der Waals surface area contributed by atoms with Gasteiger partial charge in [0.15, 0.2) is 5.69 Å². The Labute approximate surface area is 139 Å². The Bertz CT molecular complexity index is 688. The molecule has 3 rings (SSSR count). The third kappa shape index (κ3) is 3.86. The van der Waals surface area contributed by atoms with Crippen molar-refractivity contribution in [1.82, 2.24) is 19.8 Å². The second-order valence-corrected chi connectivity index (χ2v) is 6.71. The van der Waals surface area contributed by atoms with Gasteiger partial charge >= 0.3 is 0 Å². The number of hydrogen-bond donors (Lipinski definition) is 1. The second-order valence-electron chi connectivity index (χ2n) is 5.65. The number of hydrogen-bond acceptors (Lipinski definition) is 6. The molecule has 6 nitrogen and oxygen atoms in total. The van der Waals surface area contributed by atoms with E-state index in [9.17, 15) is 9.90 Å². The van der Waals surface area contributed by atoms with E-state index in [0.29, 0.717) is 13.1 Å². The minimum Gasteiger partial charge on any atom is -0.505 e. The van der Waals surface area contributed by atoms with E-state index in [2.05, 4.69) is 20.2 Å². The normalized spacial score (nSPS) is 16.3. The van der Waals surface area contributed by atoms with Crippen LogP contribution >= 0.6 is 11.3 Å². The number of amides is 1. The second kappa shape index (κ2) is 7.06. The molecule has 0 aliphatic carbocycles. The molecule has 3 heterocycles. The zero-order chi connectivity index (χ0) is 16.2. The van der Waals surface area contributed by atoms with Gasteiger partial charge < -0.3 is 10.0 Å². The predicted molar refractivity (Wildman–Crippen MR) is 88.6 cm³/mol. The van der Waals surface area contributed by atoms with E-state index in [0.717, 1.165) is 36.8 Å². The third-order valence-electron chi connectivity index (χ3n) is 3.92. The fraction of sp³-hybridized carbons (Fsp3) is 0.438. The Morgan fingerprint density at radius 3 is 2.96 bits per heavy atom. The summed E-state index contributed by atoms with van der Waals surface area (Å²) in [6.45, 7) is 5.89. The minimum atomic E-state index is -0.200. The number of thiazole rings is 1.